The van der Waals surface area contributed by atoms with E-state index >= 15 is 0 Å². The molecule has 0 aromatic carbocycles. The van der Waals surface area contributed by atoms with Crippen LogP contribution in [0.2, 0.25) is 0 Å². The number of aromatic nitrogens is 2. The van der Waals surface area contributed by atoms with Gasteiger partial charge in [-0.2, -0.15) is 0 Å². The van der Waals surface area contributed by atoms with Crippen molar-refractivity contribution >= 4 is 17.6 Å². The van der Waals surface area contributed by atoms with E-state index in [1.54, 1.807) is 4.90 Å². The standard InChI is InChI=1S/C9H14N4O2/c1-3-13(6-9(14)15-2)8-5-11-7(10)4-12-8/h4-5H,3,6H2,1-2H3,(H2,10,11). The summed E-state index contributed by atoms with van der Waals surface area (Å²) in [6.45, 7) is 2.72. The van der Waals surface area contributed by atoms with Crippen molar-refractivity contribution in [2.24, 2.45) is 0 Å². The van der Waals surface area contributed by atoms with Gasteiger partial charge in [-0.25, -0.2) is 9.97 Å². The second-order valence-corrected chi connectivity index (χ2v) is 2.89. The molecule has 0 bridgehead atoms. The molecule has 0 saturated heterocycles. The molecule has 6 heteroatoms. The first-order valence-corrected chi connectivity index (χ1v) is 4.56. The van der Waals surface area contributed by atoms with Gasteiger partial charge in [-0.05, 0) is 6.92 Å². The molecule has 2 N–H and O–H groups in total. The molecule has 0 aliphatic heterocycles. The molecule has 0 aliphatic carbocycles. The lowest BCUT2D eigenvalue weighted by atomic mass is 10.4. The molecule has 0 aliphatic rings. The molecular formula is C9H14N4O2. The highest BCUT2D eigenvalue weighted by molar-refractivity contribution is 5.75. The zero-order valence-electron chi connectivity index (χ0n) is 8.80. The summed E-state index contributed by atoms with van der Waals surface area (Å²) in [6, 6.07) is 0. The van der Waals surface area contributed by atoms with Crippen LogP contribution < -0.4 is 10.6 Å². The van der Waals surface area contributed by atoms with Crippen molar-refractivity contribution in [1.82, 2.24) is 9.97 Å². The van der Waals surface area contributed by atoms with Crippen LogP contribution in [0.3, 0.4) is 0 Å². The molecule has 1 aromatic rings. The highest BCUT2D eigenvalue weighted by atomic mass is 16.5. The van der Waals surface area contributed by atoms with Gasteiger partial charge in [-0.1, -0.05) is 0 Å². The lowest BCUT2D eigenvalue weighted by Gasteiger charge is -2.19. The minimum atomic E-state index is -0.310. The maximum atomic E-state index is 11.1. The minimum absolute atomic E-state index is 0.158. The van der Waals surface area contributed by atoms with Crippen molar-refractivity contribution in [3.05, 3.63) is 12.4 Å². The number of hydrogen-bond acceptors (Lipinski definition) is 6. The fraction of sp³-hybridized carbons (Fsp3) is 0.444. The van der Waals surface area contributed by atoms with Gasteiger partial charge in [0, 0.05) is 6.54 Å². The summed E-state index contributed by atoms with van der Waals surface area (Å²) in [7, 11) is 1.35. The van der Waals surface area contributed by atoms with Gasteiger partial charge in [0.25, 0.3) is 0 Å². The van der Waals surface area contributed by atoms with Gasteiger partial charge in [0.15, 0.2) is 0 Å². The highest BCUT2D eigenvalue weighted by Crippen LogP contribution is 2.08. The van der Waals surface area contributed by atoms with E-state index in [2.05, 4.69) is 14.7 Å². The summed E-state index contributed by atoms with van der Waals surface area (Å²) in [5.74, 6) is 0.653. The molecule has 0 fully saturated rings. The number of anilines is 2. The van der Waals surface area contributed by atoms with E-state index in [-0.39, 0.29) is 12.5 Å². The number of esters is 1. The predicted octanol–water partition coefficient (Wildman–Crippen LogP) is 0.0581. The molecule has 1 rings (SSSR count). The summed E-state index contributed by atoms with van der Waals surface area (Å²) in [4.78, 5) is 20.8. The summed E-state index contributed by atoms with van der Waals surface area (Å²) >= 11 is 0. The topological polar surface area (TPSA) is 81.3 Å². The first kappa shape index (κ1) is 11.2. The Bertz CT molecular complexity index is 325. The number of ether oxygens (including phenoxy) is 1. The Hall–Kier alpha value is -1.85. The molecule has 0 saturated carbocycles. The van der Waals surface area contributed by atoms with Gasteiger partial charge >= 0.3 is 5.97 Å². The van der Waals surface area contributed by atoms with Crippen LogP contribution in [0.25, 0.3) is 0 Å². The largest absolute Gasteiger partial charge is 0.468 e. The Morgan fingerprint density at radius 2 is 2.27 bits per heavy atom. The van der Waals surface area contributed by atoms with Gasteiger partial charge in [-0.3, -0.25) is 4.79 Å². The molecule has 0 radical (unpaired) electrons. The van der Waals surface area contributed by atoms with Gasteiger partial charge < -0.3 is 15.4 Å². The van der Waals surface area contributed by atoms with E-state index < -0.39 is 0 Å². The maximum Gasteiger partial charge on any atom is 0.325 e. The van der Waals surface area contributed by atoms with E-state index in [0.29, 0.717) is 18.2 Å². The van der Waals surface area contributed by atoms with Crippen molar-refractivity contribution < 1.29 is 9.53 Å². The fourth-order valence-electron chi connectivity index (χ4n) is 1.07. The summed E-state index contributed by atoms with van der Waals surface area (Å²) in [5, 5.41) is 0. The number of nitrogens with zero attached hydrogens (tertiary/aromatic N) is 3. The number of nitrogen functional groups attached to an aromatic ring is 1. The molecule has 1 heterocycles. The number of carbonyl (C=O) groups excluding carboxylic acids is 1. The average Bonchev–Trinajstić information content (AvgIpc) is 2.27. The highest BCUT2D eigenvalue weighted by Gasteiger charge is 2.11. The van der Waals surface area contributed by atoms with Crippen LogP contribution in [-0.2, 0) is 9.53 Å². The fourth-order valence-corrected chi connectivity index (χ4v) is 1.07. The Morgan fingerprint density at radius 3 is 2.73 bits per heavy atom. The molecule has 1 aromatic heterocycles. The Morgan fingerprint density at radius 1 is 1.53 bits per heavy atom. The number of nitrogens with two attached hydrogens (primary N) is 1. The van der Waals surface area contributed by atoms with Crippen molar-refractivity contribution in [3.63, 3.8) is 0 Å². The Labute approximate surface area is 88.1 Å². The lowest BCUT2D eigenvalue weighted by molar-refractivity contribution is -0.138. The second-order valence-electron chi connectivity index (χ2n) is 2.89. The van der Waals surface area contributed by atoms with Crippen molar-refractivity contribution in [3.8, 4) is 0 Å². The van der Waals surface area contributed by atoms with Crippen LogP contribution in [0.5, 0.6) is 0 Å². The molecule has 15 heavy (non-hydrogen) atoms. The third-order valence-electron chi connectivity index (χ3n) is 1.91. The number of likely N-dealkylation sites (N-methyl/N-ethyl adjacent to an activating group) is 1. The molecular weight excluding hydrogens is 196 g/mol. The lowest BCUT2D eigenvalue weighted by Crippen LogP contribution is -2.31. The second kappa shape index (κ2) is 5.14. The molecule has 0 unspecified atom stereocenters. The third kappa shape index (κ3) is 3.08. The van der Waals surface area contributed by atoms with Crippen molar-refractivity contribution in [2.75, 3.05) is 30.8 Å². The number of hydrogen-bond donors (Lipinski definition) is 1. The van der Waals surface area contributed by atoms with Crippen LogP contribution in [-0.4, -0.2) is 36.1 Å². The SMILES string of the molecule is CCN(CC(=O)OC)c1cnc(N)cn1. The van der Waals surface area contributed by atoms with E-state index in [9.17, 15) is 4.79 Å². The molecule has 0 spiro atoms. The van der Waals surface area contributed by atoms with Gasteiger partial charge in [0.1, 0.15) is 18.2 Å². The van der Waals surface area contributed by atoms with Crippen molar-refractivity contribution in [1.29, 1.82) is 0 Å². The smallest absolute Gasteiger partial charge is 0.325 e. The van der Waals surface area contributed by atoms with Crippen LogP contribution in [0.4, 0.5) is 11.6 Å². The third-order valence-corrected chi connectivity index (χ3v) is 1.91. The average molecular weight is 210 g/mol. The Kier molecular flexibility index (Phi) is 3.84. The minimum Gasteiger partial charge on any atom is -0.468 e. The molecule has 0 atom stereocenters. The number of rotatable bonds is 4. The molecule has 0 amide bonds. The summed E-state index contributed by atoms with van der Waals surface area (Å²) < 4.78 is 4.57. The number of methoxy groups -OCH3 is 1. The van der Waals surface area contributed by atoms with Gasteiger partial charge in [0.2, 0.25) is 0 Å². The normalized spacial score (nSPS) is 9.73. The zero-order valence-corrected chi connectivity index (χ0v) is 8.80. The van der Waals surface area contributed by atoms with Crippen LogP contribution in [0.15, 0.2) is 12.4 Å². The maximum absolute atomic E-state index is 11.1. The summed E-state index contributed by atoms with van der Waals surface area (Å²) in [6.07, 6.45) is 2.98. The Balaban J connectivity index is 2.74. The van der Waals surface area contributed by atoms with E-state index in [0.717, 1.165) is 0 Å². The zero-order chi connectivity index (χ0) is 11.3. The van der Waals surface area contributed by atoms with Gasteiger partial charge in [-0.15, -0.1) is 0 Å². The quantitative estimate of drug-likeness (QED) is 0.707. The van der Waals surface area contributed by atoms with Crippen LogP contribution in [0.1, 0.15) is 6.92 Å². The van der Waals surface area contributed by atoms with Crippen LogP contribution >= 0.6 is 0 Å². The van der Waals surface area contributed by atoms with Crippen molar-refractivity contribution in [2.45, 2.75) is 6.92 Å². The molecule has 82 valence electrons. The summed E-state index contributed by atoms with van der Waals surface area (Å²) in [5.41, 5.74) is 5.41. The van der Waals surface area contributed by atoms with E-state index in [4.69, 9.17) is 5.73 Å². The van der Waals surface area contributed by atoms with E-state index in [1.807, 2.05) is 6.92 Å². The first-order valence-electron chi connectivity index (χ1n) is 4.56. The monoisotopic (exact) mass is 210 g/mol. The predicted molar refractivity (Wildman–Crippen MR) is 56.3 cm³/mol. The molecule has 6 nitrogen and oxygen atoms in total. The van der Waals surface area contributed by atoms with Crippen LogP contribution in [0, 0.1) is 0 Å². The van der Waals surface area contributed by atoms with Gasteiger partial charge in [0.05, 0.1) is 19.5 Å². The van der Waals surface area contributed by atoms with E-state index in [1.165, 1.54) is 19.5 Å². The number of carbonyl (C=O) groups is 1. The first-order chi connectivity index (χ1) is 7.17.